The molecule has 0 saturated heterocycles. The Labute approximate surface area is 171 Å². The van der Waals surface area contributed by atoms with E-state index < -0.39 is 0 Å². The average molecular weight is 371 g/mol. The van der Waals surface area contributed by atoms with Crippen molar-refractivity contribution in [2.45, 2.75) is 0 Å². The Morgan fingerprint density at radius 1 is 0.414 bits per heavy atom. The maximum atomic E-state index is 6.10. The van der Waals surface area contributed by atoms with E-state index in [4.69, 9.17) is 5.73 Å². The summed E-state index contributed by atoms with van der Waals surface area (Å²) in [5.74, 6) is 0. The minimum atomic E-state index is 0.778. The summed E-state index contributed by atoms with van der Waals surface area (Å²) in [5, 5.41) is 2.54. The summed E-state index contributed by atoms with van der Waals surface area (Å²) in [6.45, 7) is 0. The lowest BCUT2D eigenvalue weighted by atomic mass is 9.92. The van der Waals surface area contributed by atoms with Gasteiger partial charge in [0.05, 0.1) is 0 Å². The van der Waals surface area contributed by atoms with Crippen LogP contribution in [0.5, 0.6) is 0 Å². The zero-order valence-corrected chi connectivity index (χ0v) is 16.0. The van der Waals surface area contributed by atoms with Crippen LogP contribution in [0, 0.1) is 0 Å². The topological polar surface area (TPSA) is 26.0 Å². The first-order valence-corrected chi connectivity index (χ1v) is 9.83. The Morgan fingerprint density at radius 2 is 1.03 bits per heavy atom. The number of anilines is 1. The van der Waals surface area contributed by atoms with E-state index in [1.165, 1.54) is 38.6 Å². The predicted molar refractivity (Wildman–Crippen MR) is 125 cm³/mol. The Bertz CT molecular complexity index is 1280. The second-order valence-corrected chi connectivity index (χ2v) is 7.28. The molecule has 138 valence electrons. The van der Waals surface area contributed by atoms with Crippen LogP contribution in [0.1, 0.15) is 0 Å². The molecule has 0 spiro atoms. The van der Waals surface area contributed by atoms with Crippen LogP contribution in [0.15, 0.2) is 115 Å². The molecule has 0 aliphatic carbocycles. The van der Waals surface area contributed by atoms with Gasteiger partial charge in [0.25, 0.3) is 0 Å². The lowest BCUT2D eigenvalue weighted by molar-refractivity contribution is 1.57. The smallest absolute Gasteiger partial charge is 0.0320 e. The summed E-state index contributed by atoms with van der Waals surface area (Å²) >= 11 is 0. The number of hydrogen-bond donors (Lipinski definition) is 1. The molecule has 5 aromatic carbocycles. The number of hydrogen-bond acceptors (Lipinski definition) is 1. The molecule has 0 saturated carbocycles. The molecule has 0 atom stereocenters. The van der Waals surface area contributed by atoms with Crippen LogP contribution < -0.4 is 5.73 Å². The average Bonchev–Trinajstić information content (AvgIpc) is 2.79. The molecule has 0 unspecified atom stereocenters. The van der Waals surface area contributed by atoms with Gasteiger partial charge in [0.15, 0.2) is 0 Å². The van der Waals surface area contributed by atoms with Gasteiger partial charge in [0.2, 0.25) is 0 Å². The van der Waals surface area contributed by atoms with Crippen molar-refractivity contribution in [1.82, 2.24) is 0 Å². The van der Waals surface area contributed by atoms with Crippen molar-refractivity contribution in [1.29, 1.82) is 0 Å². The van der Waals surface area contributed by atoms with E-state index in [1.54, 1.807) is 0 Å². The van der Waals surface area contributed by atoms with Crippen molar-refractivity contribution in [2.24, 2.45) is 0 Å². The predicted octanol–water partition coefficient (Wildman–Crippen LogP) is 7.42. The molecule has 0 heterocycles. The molecule has 0 aromatic heterocycles. The summed E-state index contributed by atoms with van der Waals surface area (Å²) in [6.07, 6.45) is 0. The molecule has 2 N–H and O–H groups in total. The van der Waals surface area contributed by atoms with Crippen LogP contribution in [-0.4, -0.2) is 0 Å². The number of fused-ring (bicyclic) bond motifs is 1. The summed E-state index contributed by atoms with van der Waals surface area (Å²) in [4.78, 5) is 0. The van der Waals surface area contributed by atoms with E-state index in [1.807, 2.05) is 12.1 Å². The highest BCUT2D eigenvalue weighted by Crippen LogP contribution is 2.35. The van der Waals surface area contributed by atoms with E-state index in [9.17, 15) is 0 Å². The maximum absolute atomic E-state index is 6.10. The van der Waals surface area contributed by atoms with Crippen molar-refractivity contribution >= 4 is 16.5 Å². The fourth-order valence-electron chi connectivity index (χ4n) is 3.98. The van der Waals surface area contributed by atoms with Gasteiger partial charge in [-0.05, 0) is 56.3 Å². The van der Waals surface area contributed by atoms with Gasteiger partial charge in [-0.25, -0.2) is 0 Å². The van der Waals surface area contributed by atoms with Gasteiger partial charge in [-0.3, -0.25) is 0 Å². The molecule has 0 aliphatic heterocycles. The molecule has 29 heavy (non-hydrogen) atoms. The monoisotopic (exact) mass is 371 g/mol. The molecule has 5 aromatic rings. The van der Waals surface area contributed by atoms with E-state index in [0.717, 1.165) is 11.3 Å². The van der Waals surface area contributed by atoms with E-state index in [2.05, 4.69) is 103 Å². The molecule has 0 aliphatic rings. The zero-order valence-electron chi connectivity index (χ0n) is 16.0. The summed E-state index contributed by atoms with van der Waals surface area (Å²) in [7, 11) is 0. The third-order valence-electron chi connectivity index (χ3n) is 5.42. The highest BCUT2D eigenvalue weighted by atomic mass is 14.5. The number of rotatable bonds is 3. The molecule has 0 fully saturated rings. The van der Waals surface area contributed by atoms with Gasteiger partial charge in [-0.1, -0.05) is 103 Å². The van der Waals surface area contributed by atoms with Crippen molar-refractivity contribution < 1.29 is 0 Å². The Morgan fingerprint density at radius 3 is 1.83 bits per heavy atom. The quantitative estimate of drug-likeness (QED) is 0.328. The van der Waals surface area contributed by atoms with Gasteiger partial charge in [0, 0.05) is 5.69 Å². The summed E-state index contributed by atoms with van der Waals surface area (Å²) in [6, 6.07) is 40.4. The Kier molecular flexibility index (Phi) is 4.34. The van der Waals surface area contributed by atoms with Crippen LogP contribution in [0.25, 0.3) is 44.2 Å². The first kappa shape index (κ1) is 17.3. The van der Waals surface area contributed by atoms with Crippen LogP contribution in [0.3, 0.4) is 0 Å². The number of nitrogens with two attached hydrogens (primary N) is 1. The third-order valence-corrected chi connectivity index (χ3v) is 5.42. The van der Waals surface area contributed by atoms with Crippen LogP contribution >= 0.6 is 0 Å². The van der Waals surface area contributed by atoms with Crippen molar-refractivity contribution in [3.05, 3.63) is 115 Å². The third kappa shape index (κ3) is 3.28. The van der Waals surface area contributed by atoms with Crippen LogP contribution in [-0.2, 0) is 0 Å². The van der Waals surface area contributed by atoms with E-state index >= 15 is 0 Å². The molecule has 0 bridgehead atoms. The second-order valence-electron chi connectivity index (χ2n) is 7.28. The van der Waals surface area contributed by atoms with Gasteiger partial charge in [-0.2, -0.15) is 0 Å². The van der Waals surface area contributed by atoms with Gasteiger partial charge < -0.3 is 5.73 Å². The van der Waals surface area contributed by atoms with Crippen LogP contribution in [0.2, 0.25) is 0 Å². The van der Waals surface area contributed by atoms with E-state index in [0.29, 0.717) is 0 Å². The fraction of sp³-hybridized carbons (Fsp3) is 0. The lowest BCUT2D eigenvalue weighted by Crippen LogP contribution is -1.90. The molecular weight excluding hydrogens is 350 g/mol. The van der Waals surface area contributed by atoms with Crippen molar-refractivity contribution in [3.8, 4) is 33.4 Å². The molecule has 5 rings (SSSR count). The van der Waals surface area contributed by atoms with Crippen molar-refractivity contribution in [2.75, 3.05) is 5.73 Å². The van der Waals surface area contributed by atoms with Crippen molar-refractivity contribution in [3.63, 3.8) is 0 Å². The van der Waals surface area contributed by atoms with Gasteiger partial charge in [-0.15, -0.1) is 0 Å². The Balaban J connectivity index is 1.60. The zero-order chi connectivity index (χ0) is 19.6. The van der Waals surface area contributed by atoms with Crippen LogP contribution in [0.4, 0.5) is 5.69 Å². The SMILES string of the molecule is Nc1ccc(-c2ccc(-c3cccc4ccccc34)cc2)c(-c2ccccc2)c1. The largest absolute Gasteiger partial charge is 0.399 e. The number of nitrogen functional groups attached to an aromatic ring is 1. The number of benzene rings is 5. The lowest BCUT2D eigenvalue weighted by Gasteiger charge is -2.13. The highest BCUT2D eigenvalue weighted by Gasteiger charge is 2.09. The summed E-state index contributed by atoms with van der Waals surface area (Å²) < 4.78 is 0. The fourth-order valence-corrected chi connectivity index (χ4v) is 3.98. The maximum Gasteiger partial charge on any atom is 0.0320 e. The first-order chi connectivity index (χ1) is 14.3. The molecule has 1 heteroatoms. The van der Waals surface area contributed by atoms with E-state index in [-0.39, 0.29) is 0 Å². The minimum absolute atomic E-state index is 0.778. The highest BCUT2D eigenvalue weighted by molar-refractivity contribution is 5.97. The van der Waals surface area contributed by atoms with Gasteiger partial charge >= 0.3 is 0 Å². The normalized spacial score (nSPS) is 10.9. The minimum Gasteiger partial charge on any atom is -0.399 e. The Hall–Kier alpha value is -3.84. The molecule has 0 amide bonds. The first-order valence-electron chi connectivity index (χ1n) is 9.83. The standard InChI is InChI=1S/C28H21N/c29-24-17-18-27(28(19-24)21-7-2-1-3-8-21)23-15-13-22(14-16-23)26-12-6-10-20-9-4-5-11-25(20)26/h1-19H,29H2. The van der Waals surface area contributed by atoms with Gasteiger partial charge in [0.1, 0.15) is 0 Å². The molecular formula is C28H21N. The molecule has 1 nitrogen and oxygen atoms in total. The second kappa shape index (κ2) is 7.29. The molecule has 0 radical (unpaired) electrons. The summed E-state index contributed by atoms with van der Waals surface area (Å²) in [5.41, 5.74) is 14.1.